The molecular weight excluding hydrogens is 396 g/mol. The van der Waals surface area contributed by atoms with Gasteiger partial charge in [-0.15, -0.1) is 0 Å². The highest BCUT2D eigenvalue weighted by atomic mass is 32.1. The first-order valence-electron chi connectivity index (χ1n) is 10.6. The first-order chi connectivity index (χ1) is 14.2. The number of rotatable bonds is 8. The van der Waals surface area contributed by atoms with Gasteiger partial charge in [0.25, 0.3) is 0 Å². The van der Waals surface area contributed by atoms with E-state index in [4.69, 9.17) is 31.2 Å². The molecule has 1 aromatic carbocycles. The van der Waals surface area contributed by atoms with Crippen LogP contribution in [-0.4, -0.2) is 43.7 Å². The maximum atomic E-state index is 5.67. The molecule has 0 bridgehead atoms. The van der Waals surface area contributed by atoms with E-state index < -0.39 is 0 Å². The highest BCUT2D eigenvalue weighted by molar-refractivity contribution is 7.80. The van der Waals surface area contributed by atoms with E-state index in [0.717, 1.165) is 19.0 Å². The summed E-state index contributed by atoms with van der Waals surface area (Å²) in [6, 6.07) is 8.43. The summed E-state index contributed by atoms with van der Waals surface area (Å²) in [4.78, 5) is 0. The third-order valence-electron chi connectivity index (χ3n) is 5.08. The van der Waals surface area contributed by atoms with Gasteiger partial charge in [-0.3, -0.25) is 0 Å². The highest BCUT2D eigenvalue weighted by Crippen LogP contribution is 2.33. The van der Waals surface area contributed by atoms with Gasteiger partial charge < -0.3 is 18.9 Å². The molecule has 2 unspecified atom stereocenters. The van der Waals surface area contributed by atoms with E-state index in [1.165, 1.54) is 22.8 Å². The zero-order chi connectivity index (χ0) is 22.7. The molecule has 0 radical (unpaired) electrons. The Morgan fingerprint density at radius 2 is 1.57 bits per heavy atom. The van der Waals surface area contributed by atoms with Crippen molar-refractivity contribution < 1.29 is 18.9 Å². The van der Waals surface area contributed by atoms with Crippen LogP contribution in [-0.2, 0) is 19.6 Å². The van der Waals surface area contributed by atoms with E-state index in [1.807, 2.05) is 13.8 Å². The normalized spacial score (nSPS) is 18.5. The third-order valence-corrected chi connectivity index (χ3v) is 5.37. The molecule has 2 saturated heterocycles. The van der Waals surface area contributed by atoms with Crippen LogP contribution in [0.5, 0.6) is 5.75 Å². The van der Waals surface area contributed by atoms with E-state index in [1.54, 1.807) is 0 Å². The van der Waals surface area contributed by atoms with Crippen LogP contribution in [0.3, 0.4) is 0 Å². The lowest BCUT2D eigenvalue weighted by Gasteiger charge is -2.28. The summed E-state index contributed by atoms with van der Waals surface area (Å²) in [6.07, 6.45) is 2.10. The molecular formula is C25H38O4S. The second-order valence-electron chi connectivity index (χ2n) is 7.83. The second-order valence-corrected chi connectivity index (χ2v) is 8.23. The molecule has 5 heteroatoms. The predicted octanol–water partition coefficient (Wildman–Crippen LogP) is 6.04. The number of hydrogen-bond acceptors (Lipinski definition) is 5. The molecule has 2 heterocycles. The average Bonchev–Trinajstić information content (AvgIpc) is 3.66. The Labute approximate surface area is 188 Å². The molecule has 0 amide bonds. The fourth-order valence-electron chi connectivity index (χ4n) is 2.56. The first kappa shape index (κ1) is 26.3. The van der Waals surface area contributed by atoms with Crippen molar-refractivity contribution in [3.63, 3.8) is 0 Å². The van der Waals surface area contributed by atoms with Crippen LogP contribution in [0, 0.1) is 0 Å². The molecule has 0 spiro atoms. The SMILES string of the molecule is C=CC(=S)OCC1CO1.CC.CC(C)=C(C)C(C)(C)c1ccc(OCC2CO2)cc1. The summed E-state index contributed by atoms with van der Waals surface area (Å²) in [5, 5.41) is 0.450. The Hall–Kier alpha value is -1.69. The monoisotopic (exact) mass is 434 g/mol. The Kier molecular flexibility index (Phi) is 11.3. The second kappa shape index (κ2) is 12.9. The number of benzene rings is 1. The minimum absolute atomic E-state index is 0.0664. The van der Waals surface area contributed by atoms with Crippen molar-refractivity contribution in [1.82, 2.24) is 0 Å². The molecule has 4 nitrogen and oxygen atoms in total. The van der Waals surface area contributed by atoms with Crippen LogP contribution in [0.4, 0.5) is 0 Å². The topological polar surface area (TPSA) is 43.5 Å². The van der Waals surface area contributed by atoms with Gasteiger partial charge in [-0.2, -0.15) is 0 Å². The van der Waals surface area contributed by atoms with Gasteiger partial charge in [0.1, 0.15) is 31.2 Å². The largest absolute Gasteiger partial charge is 0.491 e. The van der Waals surface area contributed by atoms with Gasteiger partial charge in [0.15, 0.2) is 5.05 Å². The van der Waals surface area contributed by atoms with Crippen molar-refractivity contribution in [2.24, 2.45) is 0 Å². The molecule has 0 aliphatic carbocycles. The summed E-state index contributed by atoms with van der Waals surface area (Å²) in [7, 11) is 0. The van der Waals surface area contributed by atoms with Crippen molar-refractivity contribution in [2.45, 2.75) is 66.1 Å². The standard InChI is InChI=1S/C17H24O2.C6H8O2S.C2H6/c1-12(2)13(3)17(4,5)14-6-8-15(9-7-14)18-10-16-11-19-16;1-2-6(9)8-4-5-3-7-5;1-2/h6-9,16H,10-11H2,1-5H3;2,5H,1,3-4H2;1-2H3. The van der Waals surface area contributed by atoms with E-state index in [0.29, 0.717) is 24.4 Å². The van der Waals surface area contributed by atoms with Gasteiger partial charge >= 0.3 is 0 Å². The maximum absolute atomic E-state index is 5.67. The van der Waals surface area contributed by atoms with Crippen LogP contribution in [0.15, 0.2) is 48.1 Å². The van der Waals surface area contributed by atoms with Gasteiger partial charge in [0.2, 0.25) is 0 Å². The first-order valence-corrected chi connectivity index (χ1v) is 11.0. The van der Waals surface area contributed by atoms with Crippen molar-refractivity contribution in [2.75, 3.05) is 26.4 Å². The summed E-state index contributed by atoms with van der Waals surface area (Å²) in [5.74, 6) is 0.921. The van der Waals surface area contributed by atoms with Crippen LogP contribution in [0.1, 0.15) is 54.0 Å². The number of hydrogen-bond donors (Lipinski definition) is 0. The molecule has 168 valence electrons. The highest BCUT2D eigenvalue weighted by Gasteiger charge is 2.25. The van der Waals surface area contributed by atoms with E-state index in [-0.39, 0.29) is 11.5 Å². The lowest BCUT2D eigenvalue weighted by Crippen LogP contribution is -2.19. The minimum Gasteiger partial charge on any atom is -0.491 e. The quantitative estimate of drug-likeness (QED) is 0.216. The van der Waals surface area contributed by atoms with E-state index >= 15 is 0 Å². The lowest BCUT2D eigenvalue weighted by molar-refractivity contribution is 0.260. The molecule has 0 saturated carbocycles. The molecule has 1 aromatic rings. The van der Waals surface area contributed by atoms with Crippen LogP contribution < -0.4 is 4.74 Å². The Balaban J connectivity index is 0.000000342. The number of epoxide rings is 2. The number of allylic oxidation sites excluding steroid dienone is 2. The Bertz CT molecular complexity index is 694. The average molecular weight is 435 g/mol. The summed E-state index contributed by atoms with van der Waals surface area (Å²) in [5.41, 5.74) is 4.20. The van der Waals surface area contributed by atoms with Crippen molar-refractivity contribution in [1.29, 1.82) is 0 Å². The molecule has 30 heavy (non-hydrogen) atoms. The van der Waals surface area contributed by atoms with Gasteiger partial charge in [-0.1, -0.05) is 57.6 Å². The number of thiocarbonyl (C=S) groups is 1. The molecule has 3 rings (SSSR count). The zero-order valence-electron chi connectivity index (χ0n) is 19.6. The Morgan fingerprint density at radius 1 is 1.07 bits per heavy atom. The molecule has 2 atom stereocenters. The maximum Gasteiger partial charge on any atom is 0.183 e. The fraction of sp³-hybridized carbons (Fsp3) is 0.560. The van der Waals surface area contributed by atoms with Gasteiger partial charge in [0.05, 0.1) is 13.2 Å². The van der Waals surface area contributed by atoms with Crippen molar-refractivity contribution in [3.05, 3.63) is 53.6 Å². The lowest BCUT2D eigenvalue weighted by atomic mass is 9.77. The summed E-state index contributed by atoms with van der Waals surface area (Å²) in [6.45, 7) is 21.4. The van der Waals surface area contributed by atoms with Crippen molar-refractivity contribution >= 4 is 17.3 Å². The predicted molar refractivity (Wildman–Crippen MR) is 129 cm³/mol. The van der Waals surface area contributed by atoms with E-state index in [2.05, 4.69) is 65.5 Å². The molecule has 2 fully saturated rings. The van der Waals surface area contributed by atoms with Gasteiger partial charge in [0, 0.05) is 5.41 Å². The van der Waals surface area contributed by atoms with Crippen LogP contribution >= 0.6 is 12.2 Å². The fourth-order valence-corrected chi connectivity index (χ4v) is 2.63. The zero-order valence-corrected chi connectivity index (χ0v) is 20.4. The van der Waals surface area contributed by atoms with Crippen LogP contribution in [0.25, 0.3) is 0 Å². The smallest absolute Gasteiger partial charge is 0.183 e. The van der Waals surface area contributed by atoms with E-state index in [9.17, 15) is 0 Å². The third kappa shape index (κ3) is 9.41. The van der Waals surface area contributed by atoms with Gasteiger partial charge in [-0.05, 0) is 56.8 Å². The molecule has 2 aliphatic rings. The number of ether oxygens (including phenoxy) is 4. The van der Waals surface area contributed by atoms with Crippen molar-refractivity contribution in [3.8, 4) is 5.75 Å². The minimum atomic E-state index is 0.0664. The van der Waals surface area contributed by atoms with Crippen LogP contribution in [0.2, 0.25) is 0 Å². The summed E-state index contributed by atoms with van der Waals surface area (Å²) < 4.78 is 20.7. The van der Waals surface area contributed by atoms with Gasteiger partial charge in [-0.25, -0.2) is 0 Å². The molecule has 0 N–H and O–H groups in total. The molecule has 2 aliphatic heterocycles. The molecule has 0 aromatic heterocycles. The summed E-state index contributed by atoms with van der Waals surface area (Å²) >= 11 is 4.71. The Morgan fingerprint density at radius 3 is 2.00 bits per heavy atom.